The molecule has 0 spiro atoms. The number of carboxylic acids is 1. The van der Waals surface area contributed by atoms with Gasteiger partial charge in [0.05, 0.1) is 31.0 Å². The average molecular weight is 413 g/mol. The van der Waals surface area contributed by atoms with Crippen molar-refractivity contribution in [3.8, 4) is 11.5 Å². The van der Waals surface area contributed by atoms with Crippen LogP contribution in [0.1, 0.15) is 46.3 Å². The Morgan fingerprint density at radius 3 is 2.66 bits per heavy atom. The third kappa shape index (κ3) is 3.67. The van der Waals surface area contributed by atoms with E-state index in [0.29, 0.717) is 29.6 Å². The van der Waals surface area contributed by atoms with E-state index in [1.54, 1.807) is 31.4 Å². The van der Waals surface area contributed by atoms with Crippen LogP contribution in [0.25, 0.3) is 0 Å². The lowest BCUT2D eigenvalue weighted by atomic mass is 9.81. The van der Waals surface area contributed by atoms with Gasteiger partial charge in [-0.15, -0.1) is 0 Å². The summed E-state index contributed by atoms with van der Waals surface area (Å²) in [6.07, 6.45) is 0.767. The average Bonchev–Trinajstić information content (AvgIpc) is 2.73. The molecular formula is C22H23NO5S. The fourth-order valence-corrected chi connectivity index (χ4v) is 5.52. The number of hydrogen-bond donors (Lipinski definition) is 1. The molecule has 29 heavy (non-hydrogen) atoms. The lowest BCUT2D eigenvalue weighted by Gasteiger charge is -2.35. The minimum Gasteiger partial charge on any atom is -0.493 e. The predicted molar refractivity (Wildman–Crippen MR) is 112 cm³/mol. The van der Waals surface area contributed by atoms with Gasteiger partial charge in [0.1, 0.15) is 0 Å². The van der Waals surface area contributed by atoms with Crippen molar-refractivity contribution in [2.75, 3.05) is 25.2 Å². The topological polar surface area (TPSA) is 85.2 Å². The van der Waals surface area contributed by atoms with Crippen LogP contribution in [0.3, 0.4) is 0 Å². The first-order valence-corrected chi connectivity index (χ1v) is 11.1. The lowest BCUT2D eigenvalue weighted by molar-refractivity contribution is 0.0697. The molecule has 2 aromatic carbocycles. The largest absolute Gasteiger partial charge is 0.493 e. The zero-order valence-electron chi connectivity index (χ0n) is 16.4. The zero-order chi connectivity index (χ0) is 20.5. The second-order valence-electron chi connectivity index (χ2n) is 7.16. The van der Waals surface area contributed by atoms with Crippen molar-refractivity contribution >= 4 is 22.5 Å². The van der Waals surface area contributed by atoms with Crippen LogP contribution in [-0.4, -0.2) is 52.3 Å². The van der Waals surface area contributed by atoms with Gasteiger partial charge in [0.15, 0.2) is 11.5 Å². The summed E-state index contributed by atoms with van der Waals surface area (Å²) in [5.41, 5.74) is 3.90. The van der Waals surface area contributed by atoms with Crippen molar-refractivity contribution < 1.29 is 23.6 Å². The highest BCUT2D eigenvalue weighted by atomic mass is 32.2. The highest BCUT2D eigenvalue weighted by Gasteiger charge is 2.37. The SMILES string of the molecule is CCOc1cc2c(cc1OC)C(c1ccc(C(=O)O)cc1)=N[C@@H]1CCS(=O)C[C@H]21. The Morgan fingerprint density at radius 1 is 1.24 bits per heavy atom. The second-order valence-corrected chi connectivity index (χ2v) is 8.78. The fraction of sp³-hybridized carbons (Fsp3) is 0.364. The van der Waals surface area contributed by atoms with E-state index in [4.69, 9.17) is 14.5 Å². The van der Waals surface area contributed by atoms with E-state index >= 15 is 0 Å². The summed E-state index contributed by atoms with van der Waals surface area (Å²) in [5.74, 6) is 1.65. The van der Waals surface area contributed by atoms with E-state index in [-0.39, 0.29) is 17.5 Å². The number of aromatic carboxylic acids is 1. The summed E-state index contributed by atoms with van der Waals surface area (Å²) in [6, 6.07) is 10.7. The maximum atomic E-state index is 12.3. The van der Waals surface area contributed by atoms with E-state index < -0.39 is 16.8 Å². The summed E-state index contributed by atoms with van der Waals surface area (Å²) in [7, 11) is 0.747. The maximum absolute atomic E-state index is 12.3. The molecule has 1 N–H and O–H groups in total. The monoisotopic (exact) mass is 413 g/mol. The van der Waals surface area contributed by atoms with Crippen LogP contribution in [0.15, 0.2) is 41.4 Å². The highest BCUT2D eigenvalue weighted by Crippen LogP contribution is 2.42. The first-order valence-electron chi connectivity index (χ1n) is 9.63. The van der Waals surface area contributed by atoms with Gasteiger partial charge in [-0.3, -0.25) is 9.20 Å². The van der Waals surface area contributed by atoms with Gasteiger partial charge in [-0.1, -0.05) is 12.1 Å². The van der Waals surface area contributed by atoms with Crippen molar-refractivity contribution in [1.82, 2.24) is 0 Å². The molecule has 7 heteroatoms. The number of carboxylic acid groups (broad SMARTS) is 1. The third-order valence-electron chi connectivity index (χ3n) is 5.46. The van der Waals surface area contributed by atoms with Crippen LogP contribution in [-0.2, 0) is 10.8 Å². The number of fused-ring (bicyclic) bond motifs is 3. The molecule has 0 bridgehead atoms. The van der Waals surface area contributed by atoms with Crippen LogP contribution in [0.4, 0.5) is 0 Å². The molecule has 6 nitrogen and oxygen atoms in total. The van der Waals surface area contributed by atoms with Gasteiger partial charge < -0.3 is 14.6 Å². The summed E-state index contributed by atoms with van der Waals surface area (Å²) in [5, 5.41) is 9.18. The smallest absolute Gasteiger partial charge is 0.335 e. The Balaban J connectivity index is 1.86. The van der Waals surface area contributed by atoms with Gasteiger partial charge in [0, 0.05) is 39.4 Å². The highest BCUT2D eigenvalue weighted by molar-refractivity contribution is 7.85. The number of methoxy groups -OCH3 is 1. The van der Waals surface area contributed by atoms with Crippen LogP contribution >= 0.6 is 0 Å². The molecule has 2 aliphatic heterocycles. The van der Waals surface area contributed by atoms with Crippen molar-refractivity contribution in [2.24, 2.45) is 4.99 Å². The van der Waals surface area contributed by atoms with Crippen LogP contribution in [0.2, 0.25) is 0 Å². The van der Waals surface area contributed by atoms with E-state index in [1.807, 2.05) is 19.1 Å². The van der Waals surface area contributed by atoms with Gasteiger partial charge in [0.2, 0.25) is 0 Å². The molecule has 1 fully saturated rings. The van der Waals surface area contributed by atoms with Gasteiger partial charge in [-0.05, 0) is 43.2 Å². The number of rotatable bonds is 5. The van der Waals surface area contributed by atoms with Crippen molar-refractivity contribution in [3.05, 3.63) is 58.7 Å². The van der Waals surface area contributed by atoms with E-state index in [9.17, 15) is 14.1 Å². The van der Waals surface area contributed by atoms with Crippen LogP contribution in [0.5, 0.6) is 11.5 Å². The Kier molecular flexibility index (Phi) is 5.41. The van der Waals surface area contributed by atoms with E-state index in [2.05, 4.69) is 0 Å². The minimum atomic E-state index is -0.958. The number of ether oxygens (including phenoxy) is 2. The van der Waals surface area contributed by atoms with Crippen molar-refractivity contribution in [3.63, 3.8) is 0 Å². The number of hydrogen-bond acceptors (Lipinski definition) is 5. The molecule has 0 aliphatic carbocycles. The summed E-state index contributed by atoms with van der Waals surface area (Å²) in [6.45, 7) is 2.45. The summed E-state index contributed by atoms with van der Waals surface area (Å²) >= 11 is 0. The molecule has 0 amide bonds. The maximum Gasteiger partial charge on any atom is 0.335 e. The standard InChI is InChI=1S/C22H23NO5S/c1-3-28-20-10-15-16(11-19(20)27-2)21(13-4-6-14(7-5-13)22(24)25)23-18-8-9-29(26)12-17(15)18/h4-7,10-11,17-18H,3,8-9,12H2,1-2H3,(H,24,25)/t17-,18-,29?/m1/s1. The zero-order valence-corrected chi connectivity index (χ0v) is 17.2. The molecule has 0 saturated carbocycles. The number of nitrogens with zero attached hydrogens (tertiary/aromatic N) is 1. The Bertz CT molecular complexity index is 999. The Labute approximate surface area is 172 Å². The molecule has 2 aromatic rings. The normalized spacial score (nSPS) is 22.8. The molecule has 1 saturated heterocycles. The van der Waals surface area contributed by atoms with Crippen LogP contribution in [0, 0.1) is 0 Å². The third-order valence-corrected chi connectivity index (χ3v) is 6.88. The van der Waals surface area contributed by atoms with Crippen LogP contribution < -0.4 is 9.47 Å². The summed E-state index contributed by atoms with van der Waals surface area (Å²) in [4.78, 5) is 16.2. The molecule has 3 atom stereocenters. The molecule has 1 unspecified atom stereocenters. The molecule has 0 radical (unpaired) electrons. The first kappa shape index (κ1) is 19.6. The predicted octanol–water partition coefficient (Wildman–Crippen LogP) is 3.25. The van der Waals surface area contributed by atoms with E-state index in [1.165, 1.54) is 0 Å². The molecule has 2 heterocycles. The number of aliphatic imine (C=N–C) groups is 1. The Morgan fingerprint density at radius 2 is 2.00 bits per heavy atom. The molecular weight excluding hydrogens is 390 g/mol. The molecule has 152 valence electrons. The lowest BCUT2D eigenvalue weighted by Crippen LogP contribution is -2.35. The fourth-order valence-electron chi connectivity index (χ4n) is 4.05. The molecule has 4 rings (SSSR count). The quantitative estimate of drug-likeness (QED) is 0.813. The van der Waals surface area contributed by atoms with Gasteiger partial charge in [-0.2, -0.15) is 0 Å². The number of benzene rings is 2. The van der Waals surface area contributed by atoms with Gasteiger partial charge in [-0.25, -0.2) is 4.79 Å². The van der Waals surface area contributed by atoms with E-state index in [0.717, 1.165) is 28.8 Å². The van der Waals surface area contributed by atoms with Crippen molar-refractivity contribution in [1.29, 1.82) is 0 Å². The molecule has 2 aliphatic rings. The minimum absolute atomic E-state index is 0.0530. The molecule has 0 aromatic heterocycles. The van der Waals surface area contributed by atoms with Gasteiger partial charge >= 0.3 is 5.97 Å². The second kappa shape index (κ2) is 7.99. The Hall–Kier alpha value is -2.67. The van der Waals surface area contributed by atoms with Gasteiger partial charge in [0.25, 0.3) is 0 Å². The summed E-state index contributed by atoms with van der Waals surface area (Å²) < 4.78 is 23.6. The number of carbonyl (C=O) groups is 1. The first-order chi connectivity index (χ1) is 14.0. The van der Waals surface area contributed by atoms with Crippen molar-refractivity contribution in [2.45, 2.75) is 25.3 Å².